The van der Waals surface area contributed by atoms with Crippen LogP contribution in [0.1, 0.15) is 30.9 Å². The van der Waals surface area contributed by atoms with Crippen LogP contribution in [-0.4, -0.2) is 35.1 Å². The summed E-state index contributed by atoms with van der Waals surface area (Å²) < 4.78 is 18.0. The van der Waals surface area contributed by atoms with E-state index in [4.69, 9.17) is 25.5 Å². The van der Waals surface area contributed by atoms with Crippen LogP contribution >= 0.6 is 11.6 Å². The standard InChI is InChI=1S/C22H21ClN2O5/c23-15-4-5-17-19(13-15)30-22(27)25(17)9-7-21(26)24-8-1-2-16(24)14-3-6-18-20(12-14)29-11-10-28-18/h3-6,12-13,16H,1-2,7-11H2/t16-/m1/s1. The maximum atomic E-state index is 13.0. The summed E-state index contributed by atoms with van der Waals surface area (Å²) in [6.07, 6.45) is 2.06. The minimum absolute atomic E-state index is 0.00458. The topological polar surface area (TPSA) is 73.9 Å². The lowest BCUT2D eigenvalue weighted by Crippen LogP contribution is -2.32. The van der Waals surface area contributed by atoms with E-state index < -0.39 is 5.76 Å². The minimum atomic E-state index is -0.482. The van der Waals surface area contributed by atoms with Gasteiger partial charge in [0.1, 0.15) is 13.2 Å². The molecule has 2 aliphatic rings. The molecule has 7 nitrogen and oxygen atoms in total. The van der Waals surface area contributed by atoms with Gasteiger partial charge in [-0.15, -0.1) is 0 Å². The molecule has 8 heteroatoms. The zero-order valence-electron chi connectivity index (χ0n) is 16.3. The molecule has 3 heterocycles. The van der Waals surface area contributed by atoms with Crippen LogP contribution < -0.4 is 15.2 Å². The fourth-order valence-corrected chi connectivity index (χ4v) is 4.44. The summed E-state index contributed by atoms with van der Waals surface area (Å²) in [7, 11) is 0. The van der Waals surface area contributed by atoms with Gasteiger partial charge in [0.2, 0.25) is 5.91 Å². The monoisotopic (exact) mass is 428 g/mol. The number of likely N-dealkylation sites (tertiary alicyclic amines) is 1. The van der Waals surface area contributed by atoms with E-state index in [9.17, 15) is 9.59 Å². The number of fused-ring (bicyclic) bond motifs is 2. The number of rotatable bonds is 4. The number of halogens is 1. The summed E-state index contributed by atoms with van der Waals surface area (Å²) in [6, 6.07) is 10.9. The van der Waals surface area contributed by atoms with Crippen LogP contribution in [-0.2, 0) is 11.3 Å². The highest BCUT2D eigenvalue weighted by Gasteiger charge is 2.30. The number of carbonyl (C=O) groups is 1. The quantitative estimate of drug-likeness (QED) is 0.632. The first-order valence-electron chi connectivity index (χ1n) is 10.1. The number of nitrogens with zero attached hydrogens (tertiary/aromatic N) is 2. The first kappa shape index (κ1) is 19.1. The van der Waals surface area contributed by atoms with Crippen molar-refractivity contribution >= 4 is 28.6 Å². The number of benzene rings is 2. The molecule has 156 valence electrons. The summed E-state index contributed by atoms with van der Waals surface area (Å²) in [5.74, 6) is 1.01. The van der Waals surface area contributed by atoms with Crippen LogP contribution in [0.3, 0.4) is 0 Å². The third kappa shape index (κ3) is 3.43. The Bertz CT molecular complexity index is 1170. The maximum Gasteiger partial charge on any atom is 0.419 e. The predicted octanol–water partition coefficient (Wildman–Crippen LogP) is 3.77. The summed E-state index contributed by atoms with van der Waals surface area (Å²) in [5.41, 5.74) is 2.11. The Balaban J connectivity index is 1.33. The van der Waals surface area contributed by atoms with Crippen molar-refractivity contribution < 1.29 is 18.7 Å². The van der Waals surface area contributed by atoms with Crippen LogP contribution in [0.5, 0.6) is 11.5 Å². The van der Waals surface area contributed by atoms with Crippen LogP contribution in [0.15, 0.2) is 45.6 Å². The average Bonchev–Trinajstić information content (AvgIpc) is 3.35. The molecule has 1 fully saturated rings. The Morgan fingerprint density at radius 3 is 2.80 bits per heavy atom. The molecule has 1 saturated heterocycles. The Hall–Kier alpha value is -2.93. The number of aromatic nitrogens is 1. The van der Waals surface area contributed by atoms with E-state index in [-0.39, 0.29) is 24.9 Å². The van der Waals surface area contributed by atoms with Gasteiger partial charge in [-0.2, -0.15) is 0 Å². The van der Waals surface area contributed by atoms with Crippen LogP contribution in [0.4, 0.5) is 0 Å². The number of aryl methyl sites for hydroxylation is 1. The fourth-order valence-electron chi connectivity index (χ4n) is 4.28. The summed E-state index contributed by atoms with van der Waals surface area (Å²) >= 11 is 5.96. The van der Waals surface area contributed by atoms with Gasteiger partial charge in [0.15, 0.2) is 17.1 Å². The van der Waals surface area contributed by atoms with Crippen molar-refractivity contribution in [3.63, 3.8) is 0 Å². The first-order chi connectivity index (χ1) is 14.6. The normalized spacial score (nSPS) is 18.2. The van der Waals surface area contributed by atoms with Gasteiger partial charge in [0.05, 0.1) is 11.6 Å². The van der Waals surface area contributed by atoms with Gasteiger partial charge in [0, 0.05) is 30.6 Å². The largest absolute Gasteiger partial charge is 0.486 e. The Morgan fingerprint density at radius 1 is 1.10 bits per heavy atom. The second kappa shape index (κ2) is 7.72. The third-order valence-corrected chi connectivity index (χ3v) is 5.94. The number of hydrogen-bond acceptors (Lipinski definition) is 5. The van der Waals surface area contributed by atoms with E-state index in [0.29, 0.717) is 35.9 Å². The highest BCUT2D eigenvalue weighted by atomic mass is 35.5. The highest BCUT2D eigenvalue weighted by molar-refractivity contribution is 6.31. The van der Waals surface area contributed by atoms with Crippen molar-refractivity contribution in [1.29, 1.82) is 0 Å². The van der Waals surface area contributed by atoms with Crippen molar-refractivity contribution in [1.82, 2.24) is 9.47 Å². The van der Waals surface area contributed by atoms with Crippen molar-refractivity contribution in [2.75, 3.05) is 19.8 Å². The SMILES string of the molecule is O=C(CCn1c(=O)oc2cc(Cl)ccc21)N1CCC[C@@H]1c1ccc2c(c1)OCCO2. The molecule has 0 unspecified atom stereocenters. The number of amides is 1. The molecule has 30 heavy (non-hydrogen) atoms. The van der Waals surface area contributed by atoms with Gasteiger partial charge in [-0.3, -0.25) is 9.36 Å². The lowest BCUT2D eigenvalue weighted by molar-refractivity contribution is -0.132. The van der Waals surface area contributed by atoms with E-state index in [0.717, 1.165) is 29.9 Å². The number of oxazole rings is 1. The van der Waals surface area contributed by atoms with Crippen molar-refractivity contribution in [3.05, 3.63) is 57.5 Å². The van der Waals surface area contributed by atoms with E-state index in [1.54, 1.807) is 18.2 Å². The molecule has 2 aromatic carbocycles. The highest BCUT2D eigenvalue weighted by Crippen LogP contribution is 2.38. The molecule has 0 radical (unpaired) electrons. The zero-order chi connectivity index (χ0) is 20.7. The maximum absolute atomic E-state index is 13.0. The van der Waals surface area contributed by atoms with Crippen molar-refractivity contribution in [3.8, 4) is 11.5 Å². The molecule has 1 amide bonds. The fraction of sp³-hybridized carbons (Fsp3) is 0.364. The molecule has 1 aromatic heterocycles. The molecule has 1 atom stereocenters. The molecule has 5 rings (SSSR count). The second-order valence-corrected chi connectivity index (χ2v) is 7.97. The van der Waals surface area contributed by atoms with Gasteiger partial charge in [-0.05, 0) is 42.7 Å². The van der Waals surface area contributed by atoms with E-state index in [1.807, 2.05) is 23.1 Å². The molecular formula is C22H21ClN2O5. The van der Waals surface area contributed by atoms with Gasteiger partial charge >= 0.3 is 5.76 Å². The van der Waals surface area contributed by atoms with Gasteiger partial charge < -0.3 is 18.8 Å². The Morgan fingerprint density at radius 2 is 1.93 bits per heavy atom. The third-order valence-electron chi connectivity index (χ3n) is 5.70. The predicted molar refractivity (Wildman–Crippen MR) is 111 cm³/mol. The van der Waals surface area contributed by atoms with Crippen molar-refractivity contribution in [2.24, 2.45) is 0 Å². The first-order valence-corrected chi connectivity index (χ1v) is 10.5. The molecule has 2 aliphatic heterocycles. The van der Waals surface area contributed by atoms with E-state index in [2.05, 4.69) is 0 Å². The van der Waals surface area contributed by atoms with Crippen LogP contribution in [0.2, 0.25) is 5.02 Å². The molecule has 0 aliphatic carbocycles. The van der Waals surface area contributed by atoms with Crippen LogP contribution in [0, 0.1) is 0 Å². The van der Waals surface area contributed by atoms with E-state index in [1.165, 1.54) is 4.57 Å². The molecule has 0 spiro atoms. The molecular weight excluding hydrogens is 408 g/mol. The number of hydrogen-bond donors (Lipinski definition) is 0. The molecule has 0 N–H and O–H groups in total. The van der Waals surface area contributed by atoms with Gasteiger partial charge in [0.25, 0.3) is 0 Å². The lowest BCUT2D eigenvalue weighted by atomic mass is 10.0. The second-order valence-electron chi connectivity index (χ2n) is 7.53. The Labute approximate surface area is 177 Å². The van der Waals surface area contributed by atoms with Crippen LogP contribution in [0.25, 0.3) is 11.1 Å². The summed E-state index contributed by atoms with van der Waals surface area (Å²) in [6.45, 7) is 2.04. The summed E-state index contributed by atoms with van der Waals surface area (Å²) in [4.78, 5) is 27.1. The number of carbonyl (C=O) groups excluding carboxylic acids is 1. The molecule has 0 saturated carbocycles. The average molecular weight is 429 g/mol. The minimum Gasteiger partial charge on any atom is -0.486 e. The lowest BCUT2D eigenvalue weighted by Gasteiger charge is -2.27. The van der Waals surface area contributed by atoms with Crippen molar-refractivity contribution in [2.45, 2.75) is 31.8 Å². The molecule has 0 bridgehead atoms. The smallest absolute Gasteiger partial charge is 0.419 e. The van der Waals surface area contributed by atoms with Gasteiger partial charge in [-0.25, -0.2) is 4.79 Å². The zero-order valence-corrected chi connectivity index (χ0v) is 17.1. The number of ether oxygens (including phenoxy) is 2. The van der Waals surface area contributed by atoms with E-state index >= 15 is 0 Å². The summed E-state index contributed by atoms with van der Waals surface area (Å²) in [5, 5.41) is 0.499. The Kier molecular flexibility index (Phi) is 4.90. The molecule has 3 aromatic rings. The van der Waals surface area contributed by atoms with Gasteiger partial charge in [-0.1, -0.05) is 17.7 Å².